The maximum absolute atomic E-state index is 11.2. The summed E-state index contributed by atoms with van der Waals surface area (Å²) in [6, 6.07) is 11.3. The number of anilines is 2. The number of amides is 1. The zero-order chi connectivity index (χ0) is 20.8. The first-order chi connectivity index (χ1) is 14.7. The number of benzene rings is 1. The van der Waals surface area contributed by atoms with Crippen LogP contribution in [0.3, 0.4) is 0 Å². The van der Waals surface area contributed by atoms with Crippen LogP contribution in [0.4, 0.5) is 11.5 Å². The summed E-state index contributed by atoms with van der Waals surface area (Å²) in [6.45, 7) is 2.74. The Morgan fingerprint density at radius 2 is 2.13 bits per heavy atom. The largest absolute Gasteiger partial charge is 0.493 e. The molecule has 0 aliphatic heterocycles. The number of fused-ring (bicyclic) bond motifs is 1. The lowest BCUT2D eigenvalue weighted by Crippen LogP contribution is -2.09. The van der Waals surface area contributed by atoms with Crippen molar-refractivity contribution in [3.05, 3.63) is 60.5 Å². The molecule has 0 atom stereocenters. The van der Waals surface area contributed by atoms with E-state index in [1.165, 1.54) is 6.92 Å². The Morgan fingerprint density at radius 1 is 1.20 bits per heavy atom. The van der Waals surface area contributed by atoms with Crippen LogP contribution in [0.1, 0.15) is 13.3 Å². The van der Waals surface area contributed by atoms with Crippen molar-refractivity contribution < 1.29 is 9.53 Å². The number of aromatic nitrogens is 3. The van der Waals surface area contributed by atoms with E-state index in [-0.39, 0.29) is 5.91 Å². The Bertz CT molecular complexity index is 1150. The van der Waals surface area contributed by atoms with Crippen molar-refractivity contribution in [1.82, 2.24) is 15.0 Å². The number of nitrogens with zero attached hydrogens (tertiary/aromatic N) is 3. The zero-order valence-electron chi connectivity index (χ0n) is 16.5. The summed E-state index contributed by atoms with van der Waals surface area (Å²) in [5, 5.41) is 9.26. The molecule has 8 heteroatoms. The van der Waals surface area contributed by atoms with Gasteiger partial charge in [0, 0.05) is 54.1 Å². The fourth-order valence-corrected chi connectivity index (χ4v) is 4.00. The number of ether oxygens (including phenoxy) is 1. The summed E-state index contributed by atoms with van der Waals surface area (Å²) in [6.07, 6.45) is 5.99. The van der Waals surface area contributed by atoms with Crippen LogP contribution in [0.2, 0.25) is 0 Å². The van der Waals surface area contributed by atoms with Crippen LogP contribution < -0.4 is 15.4 Å². The molecular formula is C22H21N5O2S. The normalized spacial score (nSPS) is 10.7. The van der Waals surface area contributed by atoms with Crippen molar-refractivity contribution in [2.24, 2.45) is 0 Å². The number of hydrogen-bond acceptors (Lipinski definition) is 7. The minimum absolute atomic E-state index is 0.105. The standard InChI is InChI=1S/C22H21N5O2S/c1-15(28)27-17-6-2-7-18(11-17)29-10-4-9-24-21-20-19(16-5-3-8-23-12-16)13-30-22(20)26-14-25-21/h2-3,5-8,11-14H,4,9-10H2,1H3,(H,27,28)(H,24,25,26). The predicted octanol–water partition coefficient (Wildman–Crippen LogP) is 4.59. The van der Waals surface area contributed by atoms with E-state index in [0.717, 1.165) is 45.0 Å². The van der Waals surface area contributed by atoms with Gasteiger partial charge in [0.2, 0.25) is 5.91 Å². The molecule has 0 aliphatic rings. The van der Waals surface area contributed by atoms with Gasteiger partial charge in [-0.3, -0.25) is 9.78 Å². The average Bonchev–Trinajstić information content (AvgIpc) is 3.19. The Morgan fingerprint density at radius 3 is 2.97 bits per heavy atom. The second kappa shape index (κ2) is 9.32. The van der Waals surface area contributed by atoms with E-state index >= 15 is 0 Å². The molecule has 4 aromatic rings. The van der Waals surface area contributed by atoms with E-state index in [2.05, 4.69) is 31.0 Å². The molecule has 0 spiro atoms. The molecule has 4 rings (SSSR count). The summed E-state index contributed by atoms with van der Waals surface area (Å²) in [7, 11) is 0. The second-order valence-electron chi connectivity index (χ2n) is 6.63. The Kier molecular flexibility index (Phi) is 6.14. The maximum Gasteiger partial charge on any atom is 0.221 e. The minimum Gasteiger partial charge on any atom is -0.493 e. The first-order valence-corrected chi connectivity index (χ1v) is 10.5. The smallest absolute Gasteiger partial charge is 0.221 e. The average molecular weight is 420 g/mol. The predicted molar refractivity (Wildman–Crippen MR) is 120 cm³/mol. The first kappa shape index (κ1) is 19.8. The van der Waals surface area contributed by atoms with Gasteiger partial charge in [-0.15, -0.1) is 11.3 Å². The van der Waals surface area contributed by atoms with Crippen LogP contribution in [-0.4, -0.2) is 34.0 Å². The molecule has 3 heterocycles. The topological polar surface area (TPSA) is 89.0 Å². The van der Waals surface area contributed by atoms with Crippen LogP contribution in [0.15, 0.2) is 60.5 Å². The zero-order valence-corrected chi connectivity index (χ0v) is 17.3. The first-order valence-electron chi connectivity index (χ1n) is 9.57. The molecule has 0 aliphatic carbocycles. The maximum atomic E-state index is 11.2. The third-order valence-corrected chi connectivity index (χ3v) is 5.27. The summed E-state index contributed by atoms with van der Waals surface area (Å²) in [4.78, 5) is 25.2. The SMILES string of the molecule is CC(=O)Nc1cccc(OCCCNc2ncnc3scc(-c4cccnc4)c23)c1. The molecule has 0 fully saturated rings. The summed E-state index contributed by atoms with van der Waals surface area (Å²) < 4.78 is 5.80. The highest BCUT2D eigenvalue weighted by Gasteiger charge is 2.12. The third-order valence-electron chi connectivity index (χ3n) is 4.38. The number of carbonyl (C=O) groups excluding carboxylic acids is 1. The molecule has 0 unspecified atom stereocenters. The van der Waals surface area contributed by atoms with Gasteiger partial charge in [-0.1, -0.05) is 12.1 Å². The molecule has 2 N–H and O–H groups in total. The molecule has 0 saturated heterocycles. The molecule has 0 radical (unpaired) electrons. The lowest BCUT2D eigenvalue weighted by Gasteiger charge is -2.10. The van der Waals surface area contributed by atoms with Crippen LogP contribution in [0.25, 0.3) is 21.3 Å². The molecule has 1 aromatic carbocycles. The van der Waals surface area contributed by atoms with Gasteiger partial charge in [0.05, 0.1) is 12.0 Å². The number of hydrogen-bond donors (Lipinski definition) is 2. The molecule has 0 saturated carbocycles. The van der Waals surface area contributed by atoms with E-state index in [0.29, 0.717) is 13.2 Å². The molecule has 1 amide bonds. The van der Waals surface area contributed by atoms with Crippen LogP contribution >= 0.6 is 11.3 Å². The summed E-state index contributed by atoms with van der Waals surface area (Å²) in [5.74, 6) is 1.43. The highest BCUT2D eigenvalue weighted by atomic mass is 32.1. The molecular weight excluding hydrogens is 398 g/mol. The van der Waals surface area contributed by atoms with Gasteiger partial charge in [-0.2, -0.15) is 0 Å². The van der Waals surface area contributed by atoms with Gasteiger partial charge in [0.1, 0.15) is 22.7 Å². The highest BCUT2D eigenvalue weighted by Crippen LogP contribution is 2.36. The highest BCUT2D eigenvalue weighted by molar-refractivity contribution is 7.17. The van der Waals surface area contributed by atoms with E-state index < -0.39 is 0 Å². The number of carbonyl (C=O) groups is 1. The lowest BCUT2D eigenvalue weighted by molar-refractivity contribution is -0.114. The van der Waals surface area contributed by atoms with E-state index in [1.54, 1.807) is 23.9 Å². The Balaban J connectivity index is 1.37. The minimum atomic E-state index is -0.105. The van der Waals surface area contributed by atoms with Crippen molar-refractivity contribution in [1.29, 1.82) is 0 Å². The van der Waals surface area contributed by atoms with Crippen LogP contribution in [0.5, 0.6) is 5.75 Å². The van der Waals surface area contributed by atoms with Gasteiger partial charge >= 0.3 is 0 Å². The van der Waals surface area contributed by atoms with Crippen LogP contribution in [-0.2, 0) is 4.79 Å². The summed E-state index contributed by atoms with van der Waals surface area (Å²) in [5.41, 5.74) is 2.85. The Hall–Kier alpha value is -3.52. The lowest BCUT2D eigenvalue weighted by atomic mass is 10.1. The summed E-state index contributed by atoms with van der Waals surface area (Å²) >= 11 is 1.60. The Labute approximate surface area is 178 Å². The molecule has 152 valence electrons. The van der Waals surface area contributed by atoms with Crippen molar-refractivity contribution >= 4 is 39.0 Å². The van der Waals surface area contributed by atoms with Crippen molar-refractivity contribution in [2.45, 2.75) is 13.3 Å². The quantitative estimate of drug-likeness (QED) is 0.406. The van der Waals surface area contributed by atoms with E-state index in [1.807, 2.05) is 42.6 Å². The molecule has 7 nitrogen and oxygen atoms in total. The van der Waals surface area contributed by atoms with Crippen molar-refractivity contribution in [3.63, 3.8) is 0 Å². The van der Waals surface area contributed by atoms with Gasteiger partial charge in [0.15, 0.2) is 0 Å². The number of pyridine rings is 1. The van der Waals surface area contributed by atoms with Gasteiger partial charge in [-0.25, -0.2) is 9.97 Å². The number of thiophene rings is 1. The fraction of sp³-hybridized carbons (Fsp3) is 0.182. The molecule has 0 bridgehead atoms. The van der Waals surface area contributed by atoms with Crippen molar-refractivity contribution in [2.75, 3.05) is 23.8 Å². The number of nitrogens with one attached hydrogen (secondary N) is 2. The monoisotopic (exact) mass is 419 g/mol. The van der Waals surface area contributed by atoms with Gasteiger partial charge in [-0.05, 0) is 24.6 Å². The van der Waals surface area contributed by atoms with Gasteiger partial charge in [0.25, 0.3) is 0 Å². The van der Waals surface area contributed by atoms with Crippen LogP contribution in [0, 0.1) is 0 Å². The molecule has 30 heavy (non-hydrogen) atoms. The molecule has 3 aromatic heterocycles. The van der Waals surface area contributed by atoms with E-state index in [4.69, 9.17) is 4.74 Å². The third kappa shape index (κ3) is 4.72. The van der Waals surface area contributed by atoms with E-state index in [9.17, 15) is 4.79 Å². The van der Waals surface area contributed by atoms with Gasteiger partial charge < -0.3 is 15.4 Å². The fourth-order valence-electron chi connectivity index (χ4n) is 3.08. The number of rotatable bonds is 8. The second-order valence-corrected chi connectivity index (χ2v) is 7.49. The van der Waals surface area contributed by atoms with Crippen molar-refractivity contribution in [3.8, 4) is 16.9 Å².